The summed E-state index contributed by atoms with van der Waals surface area (Å²) in [7, 11) is 0. The molecule has 1 saturated heterocycles. The van der Waals surface area contributed by atoms with Crippen molar-refractivity contribution >= 4 is 11.3 Å². The molecule has 4 heteroatoms. The van der Waals surface area contributed by atoms with Gasteiger partial charge in [-0.05, 0) is 39.5 Å². The molecule has 94 valence electrons. The molecule has 0 radical (unpaired) electrons. The molecule has 0 amide bonds. The topological polar surface area (TPSA) is 34.2 Å². The maximum atomic E-state index is 5.88. The Morgan fingerprint density at radius 1 is 1.35 bits per heavy atom. The van der Waals surface area contributed by atoms with E-state index in [0.29, 0.717) is 18.2 Å². The van der Waals surface area contributed by atoms with E-state index in [1.165, 1.54) is 17.8 Å². The fraction of sp³-hybridized carbons (Fsp3) is 0.769. The molecule has 1 aliphatic carbocycles. The Kier molecular flexibility index (Phi) is 2.97. The zero-order chi connectivity index (χ0) is 11.9. The van der Waals surface area contributed by atoms with Crippen molar-refractivity contribution in [3.05, 3.63) is 16.6 Å². The van der Waals surface area contributed by atoms with Gasteiger partial charge in [-0.15, -0.1) is 11.3 Å². The average Bonchev–Trinajstić information content (AvgIpc) is 2.89. The van der Waals surface area contributed by atoms with Crippen LogP contribution in [0.2, 0.25) is 0 Å². The van der Waals surface area contributed by atoms with Gasteiger partial charge in [0, 0.05) is 17.6 Å². The largest absolute Gasteiger partial charge is 0.375 e. The molecular weight excluding hydrogens is 232 g/mol. The molecule has 2 aliphatic rings. The summed E-state index contributed by atoms with van der Waals surface area (Å²) < 4.78 is 5.88. The molecule has 3 nitrogen and oxygen atoms in total. The number of rotatable bonds is 3. The number of ether oxygens (including phenoxy) is 1. The van der Waals surface area contributed by atoms with Gasteiger partial charge in [-0.2, -0.15) is 0 Å². The minimum Gasteiger partial charge on any atom is -0.375 e. The standard InChI is InChI=1S/C13H20N2OS/c1-9-7-13(8-10(2)16-9,15-11-3-4-11)12-14-5-6-17-12/h5-6,9-11,15H,3-4,7-8H2,1-2H3. The van der Waals surface area contributed by atoms with Crippen molar-refractivity contribution in [3.63, 3.8) is 0 Å². The van der Waals surface area contributed by atoms with Crippen LogP contribution in [0, 0.1) is 0 Å². The molecule has 1 N–H and O–H groups in total. The highest BCUT2D eigenvalue weighted by molar-refractivity contribution is 7.09. The Hall–Kier alpha value is -0.450. The summed E-state index contributed by atoms with van der Waals surface area (Å²) in [4.78, 5) is 4.56. The monoisotopic (exact) mass is 252 g/mol. The second-order valence-electron chi connectivity index (χ2n) is 5.50. The summed E-state index contributed by atoms with van der Waals surface area (Å²) in [6.45, 7) is 4.35. The summed E-state index contributed by atoms with van der Waals surface area (Å²) >= 11 is 1.77. The molecule has 1 saturated carbocycles. The Morgan fingerprint density at radius 2 is 2.06 bits per heavy atom. The van der Waals surface area contributed by atoms with Gasteiger partial charge in [0.05, 0.1) is 17.7 Å². The van der Waals surface area contributed by atoms with Gasteiger partial charge in [0.1, 0.15) is 5.01 Å². The van der Waals surface area contributed by atoms with E-state index in [4.69, 9.17) is 4.74 Å². The molecule has 1 aromatic rings. The quantitative estimate of drug-likeness (QED) is 0.898. The van der Waals surface area contributed by atoms with Crippen LogP contribution < -0.4 is 5.32 Å². The van der Waals surface area contributed by atoms with Gasteiger partial charge in [-0.25, -0.2) is 4.98 Å². The maximum absolute atomic E-state index is 5.88. The lowest BCUT2D eigenvalue weighted by Gasteiger charge is -2.42. The first-order chi connectivity index (χ1) is 8.18. The Balaban J connectivity index is 1.89. The van der Waals surface area contributed by atoms with Crippen LogP contribution in [0.1, 0.15) is 44.5 Å². The van der Waals surface area contributed by atoms with Crippen LogP contribution in [0.5, 0.6) is 0 Å². The third-order valence-corrected chi connectivity index (χ3v) is 4.61. The molecule has 0 spiro atoms. The normalized spacial score (nSPS) is 38.2. The second-order valence-corrected chi connectivity index (χ2v) is 6.40. The fourth-order valence-corrected chi connectivity index (χ4v) is 3.81. The lowest BCUT2D eigenvalue weighted by molar-refractivity contribution is -0.0718. The van der Waals surface area contributed by atoms with Crippen LogP contribution in [0.4, 0.5) is 0 Å². The van der Waals surface area contributed by atoms with Gasteiger partial charge in [-0.1, -0.05) is 0 Å². The zero-order valence-corrected chi connectivity index (χ0v) is 11.3. The van der Waals surface area contributed by atoms with E-state index in [2.05, 4.69) is 29.5 Å². The zero-order valence-electron chi connectivity index (χ0n) is 10.5. The van der Waals surface area contributed by atoms with Gasteiger partial charge in [0.15, 0.2) is 0 Å². The highest BCUT2D eigenvalue weighted by atomic mass is 32.1. The van der Waals surface area contributed by atoms with Crippen LogP contribution in [0.25, 0.3) is 0 Å². The third kappa shape index (κ3) is 2.39. The van der Waals surface area contributed by atoms with Crippen molar-refractivity contribution in [2.75, 3.05) is 0 Å². The maximum Gasteiger partial charge on any atom is 0.113 e. The number of hydrogen-bond donors (Lipinski definition) is 1. The Bertz CT molecular complexity index is 359. The van der Waals surface area contributed by atoms with Crippen LogP contribution in [0.15, 0.2) is 11.6 Å². The molecule has 2 fully saturated rings. The molecule has 2 unspecified atom stereocenters. The van der Waals surface area contributed by atoms with Crippen molar-refractivity contribution in [2.45, 2.75) is 63.3 Å². The van der Waals surface area contributed by atoms with Crippen LogP contribution in [0.3, 0.4) is 0 Å². The average molecular weight is 252 g/mol. The Morgan fingerprint density at radius 3 is 2.59 bits per heavy atom. The molecule has 2 heterocycles. The summed E-state index contributed by atoms with van der Waals surface area (Å²) in [5.41, 5.74) is 0.0619. The highest BCUT2D eigenvalue weighted by Gasteiger charge is 2.44. The molecule has 1 aliphatic heterocycles. The molecule has 3 rings (SSSR count). The first-order valence-corrected chi connectivity index (χ1v) is 7.39. The van der Waals surface area contributed by atoms with Crippen molar-refractivity contribution < 1.29 is 4.74 Å². The predicted molar refractivity (Wildman–Crippen MR) is 69.2 cm³/mol. The minimum atomic E-state index is 0.0619. The van der Waals surface area contributed by atoms with Crippen LogP contribution in [-0.4, -0.2) is 23.2 Å². The SMILES string of the molecule is CC1CC(NC2CC2)(c2nccs2)CC(C)O1. The van der Waals surface area contributed by atoms with E-state index in [-0.39, 0.29) is 5.54 Å². The van der Waals surface area contributed by atoms with Crippen molar-refractivity contribution in [1.82, 2.24) is 10.3 Å². The van der Waals surface area contributed by atoms with Gasteiger partial charge in [0.2, 0.25) is 0 Å². The molecular formula is C13H20N2OS. The lowest BCUT2D eigenvalue weighted by Crippen LogP contribution is -2.51. The first-order valence-electron chi connectivity index (χ1n) is 6.51. The van der Waals surface area contributed by atoms with Crippen LogP contribution in [-0.2, 0) is 10.3 Å². The minimum absolute atomic E-state index is 0.0619. The number of hydrogen-bond acceptors (Lipinski definition) is 4. The summed E-state index contributed by atoms with van der Waals surface area (Å²) in [6, 6.07) is 0.705. The summed E-state index contributed by atoms with van der Waals surface area (Å²) in [5.74, 6) is 0. The molecule has 1 aromatic heterocycles. The number of thiazole rings is 1. The predicted octanol–water partition coefficient (Wildman–Crippen LogP) is 2.68. The summed E-state index contributed by atoms with van der Waals surface area (Å²) in [5, 5.41) is 7.16. The first kappa shape index (κ1) is 11.6. The van der Waals surface area contributed by atoms with Gasteiger partial charge in [0.25, 0.3) is 0 Å². The molecule has 0 bridgehead atoms. The third-order valence-electron chi connectivity index (χ3n) is 3.64. The van der Waals surface area contributed by atoms with Crippen molar-refractivity contribution in [1.29, 1.82) is 0 Å². The van der Waals surface area contributed by atoms with E-state index < -0.39 is 0 Å². The summed E-state index contributed by atoms with van der Waals surface area (Å²) in [6.07, 6.45) is 7.26. The molecule has 17 heavy (non-hydrogen) atoms. The van der Waals surface area contributed by atoms with Gasteiger partial charge < -0.3 is 10.1 Å². The van der Waals surface area contributed by atoms with E-state index in [1.807, 2.05) is 6.20 Å². The molecule has 2 atom stereocenters. The van der Waals surface area contributed by atoms with Crippen LogP contribution >= 0.6 is 11.3 Å². The number of aromatic nitrogens is 1. The second kappa shape index (κ2) is 4.34. The van der Waals surface area contributed by atoms with E-state index in [9.17, 15) is 0 Å². The number of nitrogens with one attached hydrogen (secondary N) is 1. The van der Waals surface area contributed by atoms with E-state index >= 15 is 0 Å². The lowest BCUT2D eigenvalue weighted by atomic mass is 9.84. The van der Waals surface area contributed by atoms with E-state index in [0.717, 1.165) is 12.8 Å². The highest BCUT2D eigenvalue weighted by Crippen LogP contribution is 2.40. The Labute approximate surface area is 107 Å². The molecule has 0 aromatic carbocycles. The number of nitrogens with zero attached hydrogens (tertiary/aromatic N) is 1. The van der Waals surface area contributed by atoms with Gasteiger partial charge >= 0.3 is 0 Å². The van der Waals surface area contributed by atoms with E-state index in [1.54, 1.807) is 11.3 Å². The fourth-order valence-electron chi connectivity index (χ4n) is 2.99. The van der Waals surface area contributed by atoms with Crippen molar-refractivity contribution in [3.8, 4) is 0 Å². The smallest absolute Gasteiger partial charge is 0.113 e. The van der Waals surface area contributed by atoms with Crippen molar-refractivity contribution in [2.24, 2.45) is 0 Å². The van der Waals surface area contributed by atoms with Gasteiger partial charge in [-0.3, -0.25) is 0 Å².